The van der Waals surface area contributed by atoms with Gasteiger partial charge in [0.25, 0.3) is 5.91 Å². The Hall–Kier alpha value is -1.26. The van der Waals surface area contributed by atoms with Gasteiger partial charge in [0.1, 0.15) is 0 Å². The SMILES string of the molecule is CC(C)=CCSc1ccccc1C(=O)NC[C@H]1CCN(C2CC2)C1. The number of nitrogens with zero attached hydrogens (tertiary/aromatic N) is 1. The first-order valence-electron chi connectivity index (χ1n) is 9.01. The quantitative estimate of drug-likeness (QED) is 0.600. The number of thioether (sulfide) groups is 1. The maximum absolute atomic E-state index is 12.6. The van der Waals surface area contributed by atoms with Crippen LogP contribution in [-0.2, 0) is 0 Å². The second kappa shape index (κ2) is 8.21. The van der Waals surface area contributed by atoms with Crippen LogP contribution >= 0.6 is 11.8 Å². The molecule has 3 nitrogen and oxygen atoms in total. The smallest absolute Gasteiger partial charge is 0.252 e. The number of allylic oxidation sites excluding steroid dienone is 1. The van der Waals surface area contributed by atoms with Gasteiger partial charge in [0.2, 0.25) is 0 Å². The summed E-state index contributed by atoms with van der Waals surface area (Å²) in [7, 11) is 0. The van der Waals surface area contributed by atoms with E-state index in [1.54, 1.807) is 11.8 Å². The van der Waals surface area contributed by atoms with E-state index in [2.05, 4.69) is 30.1 Å². The number of carbonyl (C=O) groups is 1. The fourth-order valence-electron chi connectivity index (χ4n) is 3.21. The summed E-state index contributed by atoms with van der Waals surface area (Å²) in [6, 6.07) is 8.78. The summed E-state index contributed by atoms with van der Waals surface area (Å²) >= 11 is 1.73. The van der Waals surface area contributed by atoms with Crippen LogP contribution in [0.4, 0.5) is 0 Å². The zero-order valence-corrected chi connectivity index (χ0v) is 15.6. The van der Waals surface area contributed by atoms with Gasteiger partial charge >= 0.3 is 0 Å². The van der Waals surface area contributed by atoms with E-state index in [0.29, 0.717) is 5.92 Å². The number of likely N-dealkylation sites (tertiary alicyclic amines) is 1. The van der Waals surface area contributed by atoms with E-state index >= 15 is 0 Å². The summed E-state index contributed by atoms with van der Waals surface area (Å²) in [6.07, 6.45) is 6.16. The van der Waals surface area contributed by atoms with Crippen LogP contribution in [0.25, 0.3) is 0 Å². The number of benzene rings is 1. The highest BCUT2D eigenvalue weighted by Gasteiger charge is 2.34. The van der Waals surface area contributed by atoms with E-state index < -0.39 is 0 Å². The van der Waals surface area contributed by atoms with Crippen LogP contribution < -0.4 is 5.32 Å². The Morgan fingerprint density at radius 3 is 2.83 bits per heavy atom. The van der Waals surface area contributed by atoms with Gasteiger partial charge in [-0.3, -0.25) is 4.79 Å². The monoisotopic (exact) mass is 344 g/mol. The second-order valence-electron chi connectivity index (χ2n) is 7.18. The van der Waals surface area contributed by atoms with Gasteiger partial charge in [-0.05, 0) is 57.7 Å². The van der Waals surface area contributed by atoms with Crippen molar-refractivity contribution in [2.75, 3.05) is 25.4 Å². The van der Waals surface area contributed by atoms with Crippen molar-refractivity contribution in [1.29, 1.82) is 0 Å². The first-order chi connectivity index (χ1) is 11.6. The van der Waals surface area contributed by atoms with Crippen LogP contribution in [-0.4, -0.2) is 42.2 Å². The highest BCUT2D eigenvalue weighted by atomic mass is 32.2. The molecule has 1 saturated carbocycles. The van der Waals surface area contributed by atoms with E-state index in [-0.39, 0.29) is 5.91 Å². The highest BCUT2D eigenvalue weighted by Crippen LogP contribution is 2.31. The number of hydrogen-bond acceptors (Lipinski definition) is 3. The minimum atomic E-state index is 0.0696. The lowest BCUT2D eigenvalue weighted by molar-refractivity contribution is 0.0944. The topological polar surface area (TPSA) is 32.3 Å². The molecule has 1 aliphatic carbocycles. The van der Waals surface area contributed by atoms with Gasteiger partial charge in [-0.15, -0.1) is 11.8 Å². The summed E-state index contributed by atoms with van der Waals surface area (Å²) in [5.41, 5.74) is 2.12. The zero-order valence-electron chi connectivity index (χ0n) is 14.8. The molecule has 4 heteroatoms. The molecule has 0 bridgehead atoms. The number of rotatable bonds is 7. The fourth-order valence-corrected chi connectivity index (χ4v) is 4.30. The van der Waals surface area contributed by atoms with E-state index in [0.717, 1.165) is 35.3 Å². The molecule has 0 spiro atoms. The lowest BCUT2D eigenvalue weighted by atomic mass is 10.1. The van der Waals surface area contributed by atoms with Gasteiger partial charge in [-0.25, -0.2) is 0 Å². The second-order valence-corrected chi connectivity index (χ2v) is 8.24. The van der Waals surface area contributed by atoms with Crippen molar-refractivity contribution in [2.24, 2.45) is 5.92 Å². The van der Waals surface area contributed by atoms with Crippen molar-refractivity contribution < 1.29 is 4.79 Å². The minimum absolute atomic E-state index is 0.0696. The largest absolute Gasteiger partial charge is 0.352 e. The first kappa shape index (κ1) is 17.6. The molecule has 130 valence electrons. The molecule has 2 aliphatic rings. The van der Waals surface area contributed by atoms with E-state index in [1.807, 2.05) is 24.3 Å². The zero-order chi connectivity index (χ0) is 16.9. The van der Waals surface area contributed by atoms with Crippen molar-refractivity contribution in [3.05, 3.63) is 41.5 Å². The molecular weight excluding hydrogens is 316 g/mol. The molecule has 1 amide bonds. The Kier molecular flexibility index (Phi) is 6.01. The molecule has 1 aromatic rings. The van der Waals surface area contributed by atoms with Crippen LogP contribution in [0.3, 0.4) is 0 Å². The van der Waals surface area contributed by atoms with E-state index in [1.165, 1.54) is 31.4 Å². The molecule has 1 saturated heterocycles. The maximum atomic E-state index is 12.6. The summed E-state index contributed by atoms with van der Waals surface area (Å²) in [5, 5.41) is 3.17. The molecule has 0 aromatic heterocycles. The molecule has 1 heterocycles. The highest BCUT2D eigenvalue weighted by molar-refractivity contribution is 7.99. The Morgan fingerprint density at radius 2 is 2.08 bits per heavy atom. The number of nitrogens with one attached hydrogen (secondary N) is 1. The Balaban J connectivity index is 1.51. The van der Waals surface area contributed by atoms with Crippen molar-refractivity contribution in [3.8, 4) is 0 Å². The average molecular weight is 345 g/mol. The van der Waals surface area contributed by atoms with Gasteiger partial charge in [-0.2, -0.15) is 0 Å². The third-order valence-corrected chi connectivity index (χ3v) is 5.79. The predicted octanol–water partition coefficient (Wildman–Crippen LogP) is 3.96. The molecule has 1 N–H and O–H groups in total. The lowest BCUT2D eigenvalue weighted by Gasteiger charge is -2.15. The van der Waals surface area contributed by atoms with Crippen LogP contribution in [0.1, 0.15) is 43.5 Å². The molecule has 1 aromatic carbocycles. The lowest BCUT2D eigenvalue weighted by Crippen LogP contribution is -2.31. The maximum Gasteiger partial charge on any atom is 0.252 e. The molecule has 0 unspecified atom stereocenters. The molecule has 2 fully saturated rings. The Morgan fingerprint density at radius 1 is 1.29 bits per heavy atom. The van der Waals surface area contributed by atoms with Gasteiger partial charge in [0.15, 0.2) is 0 Å². The molecular formula is C20H28N2OS. The van der Waals surface area contributed by atoms with Gasteiger partial charge in [-0.1, -0.05) is 23.8 Å². The molecule has 1 aliphatic heterocycles. The first-order valence-corrected chi connectivity index (χ1v) is 9.99. The van der Waals surface area contributed by atoms with Gasteiger partial charge in [0.05, 0.1) is 5.56 Å². The molecule has 1 atom stereocenters. The van der Waals surface area contributed by atoms with Crippen LogP contribution in [0.2, 0.25) is 0 Å². The standard InChI is InChI=1S/C20H28N2OS/c1-15(2)10-12-24-19-6-4-3-5-18(19)20(23)21-13-16-9-11-22(14-16)17-7-8-17/h3-6,10,16-17H,7-9,11-14H2,1-2H3,(H,21,23)/t16-/m1/s1. The molecule has 0 radical (unpaired) electrons. The Labute approximate surface area is 149 Å². The van der Waals surface area contributed by atoms with Crippen molar-refractivity contribution in [3.63, 3.8) is 0 Å². The van der Waals surface area contributed by atoms with E-state index in [9.17, 15) is 4.79 Å². The number of amides is 1. The summed E-state index contributed by atoms with van der Waals surface area (Å²) < 4.78 is 0. The predicted molar refractivity (Wildman–Crippen MR) is 102 cm³/mol. The average Bonchev–Trinajstić information content (AvgIpc) is 3.31. The summed E-state index contributed by atoms with van der Waals surface area (Å²) in [5.74, 6) is 1.59. The van der Waals surface area contributed by atoms with Gasteiger partial charge in [0, 0.05) is 29.8 Å². The minimum Gasteiger partial charge on any atom is -0.352 e. The van der Waals surface area contributed by atoms with E-state index in [4.69, 9.17) is 0 Å². The molecule has 3 rings (SSSR count). The normalized spacial score (nSPS) is 20.8. The summed E-state index contributed by atoms with van der Waals surface area (Å²) in [6.45, 7) is 7.37. The van der Waals surface area contributed by atoms with Crippen LogP contribution in [0.5, 0.6) is 0 Å². The third-order valence-electron chi connectivity index (χ3n) is 4.79. The fraction of sp³-hybridized carbons (Fsp3) is 0.550. The van der Waals surface area contributed by atoms with Gasteiger partial charge < -0.3 is 10.2 Å². The summed E-state index contributed by atoms with van der Waals surface area (Å²) in [4.78, 5) is 16.3. The Bertz CT molecular complexity index is 605. The van der Waals surface area contributed by atoms with Crippen LogP contribution in [0.15, 0.2) is 40.8 Å². The van der Waals surface area contributed by atoms with Crippen molar-refractivity contribution in [1.82, 2.24) is 10.2 Å². The number of carbonyl (C=O) groups excluding carboxylic acids is 1. The molecule has 24 heavy (non-hydrogen) atoms. The number of hydrogen-bond donors (Lipinski definition) is 1. The van der Waals surface area contributed by atoms with Crippen molar-refractivity contribution >= 4 is 17.7 Å². The van der Waals surface area contributed by atoms with Crippen molar-refractivity contribution in [2.45, 2.75) is 44.0 Å². The van der Waals surface area contributed by atoms with Crippen LogP contribution in [0, 0.1) is 5.92 Å². The third kappa shape index (κ3) is 4.87.